The molecule has 2 aliphatic rings. The fourth-order valence-corrected chi connectivity index (χ4v) is 4.84. The first kappa shape index (κ1) is 23.4. The Kier molecular flexibility index (Phi) is 6.02. The smallest absolute Gasteiger partial charge is 0.417 e. The Hall–Kier alpha value is -3.37. The van der Waals surface area contributed by atoms with E-state index < -0.39 is 23.4 Å². The van der Waals surface area contributed by atoms with Gasteiger partial charge in [0.2, 0.25) is 0 Å². The van der Waals surface area contributed by atoms with Crippen LogP contribution in [-0.4, -0.2) is 59.5 Å². The summed E-state index contributed by atoms with van der Waals surface area (Å²) in [6.07, 6.45) is -4.19. The quantitative estimate of drug-likeness (QED) is 0.581. The molecule has 35 heavy (non-hydrogen) atoms. The van der Waals surface area contributed by atoms with Gasteiger partial charge in [-0.1, -0.05) is 24.3 Å². The van der Waals surface area contributed by atoms with Crippen LogP contribution in [0.1, 0.15) is 18.4 Å². The first-order valence-corrected chi connectivity index (χ1v) is 11.4. The average Bonchev–Trinajstić information content (AvgIpc) is 3.18. The van der Waals surface area contributed by atoms with Gasteiger partial charge < -0.3 is 14.8 Å². The summed E-state index contributed by atoms with van der Waals surface area (Å²) >= 11 is 0. The summed E-state index contributed by atoms with van der Waals surface area (Å²) in [6.45, 7) is 2.18. The van der Waals surface area contributed by atoms with Crippen molar-refractivity contribution in [2.24, 2.45) is 0 Å². The molecule has 3 aromatic rings. The van der Waals surface area contributed by atoms with Gasteiger partial charge >= 0.3 is 12.3 Å². The van der Waals surface area contributed by atoms with Crippen molar-refractivity contribution in [2.45, 2.75) is 31.2 Å². The number of likely N-dealkylation sites (tertiary alicyclic amines) is 1. The number of H-pyrrole nitrogens is 1. The molecule has 10 heteroatoms. The maximum atomic E-state index is 13.5. The molecular weight excluding hydrogens is 463 g/mol. The second kappa shape index (κ2) is 9.01. The fourth-order valence-electron chi connectivity index (χ4n) is 4.84. The number of aliphatic hydroxyl groups excluding tert-OH is 1. The molecule has 0 radical (unpaired) electrons. The van der Waals surface area contributed by atoms with Crippen molar-refractivity contribution in [1.82, 2.24) is 9.88 Å². The number of amides is 1. The number of fused-ring (bicyclic) bond motifs is 1. The number of aromatic nitrogens is 1. The normalized spacial score (nSPS) is 21.5. The largest absolute Gasteiger partial charge is 0.443 e. The van der Waals surface area contributed by atoms with Gasteiger partial charge in [0.15, 0.2) is 0 Å². The van der Waals surface area contributed by atoms with E-state index in [-0.39, 0.29) is 28.9 Å². The lowest BCUT2D eigenvalue weighted by Gasteiger charge is -2.31. The second-order valence-corrected chi connectivity index (χ2v) is 9.00. The Labute approximate surface area is 198 Å². The number of aliphatic hydroxyl groups is 1. The number of carbonyl (C=O) groups is 1. The minimum Gasteiger partial charge on any atom is -0.443 e. The number of anilines is 1. The lowest BCUT2D eigenvalue weighted by atomic mass is 10.0. The number of aromatic amines is 1. The second-order valence-electron chi connectivity index (χ2n) is 9.00. The molecular formula is C25H24F3N3O4. The van der Waals surface area contributed by atoms with E-state index in [1.54, 1.807) is 18.2 Å². The number of hydrogen-bond donors (Lipinski definition) is 2. The summed E-state index contributed by atoms with van der Waals surface area (Å²) in [4.78, 5) is 31.4. The number of nitrogens with zero attached hydrogens (tertiary/aromatic N) is 2. The number of cyclic esters (lactones) is 1. The number of carbonyl (C=O) groups excluding carboxylic acids is 1. The molecule has 184 valence electrons. The van der Waals surface area contributed by atoms with Crippen LogP contribution in [0.15, 0.2) is 53.3 Å². The molecule has 2 fully saturated rings. The number of piperidine rings is 1. The molecule has 0 unspecified atom stereocenters. The van der Waals surface area contributed by atoms with E-state index in [2.05, 4.69) is 9.88 Å². The number of alkyl halides is 3. The molecule has 0 spiro atoms. The molecule has 0 bridgehead atoms. The van der Waals surface area contributed by atoms with Crippen LogP contribution >= 0.6 is 0 Å². The summed E-state index contributed by atoms with van der Waals surface area (Å²) in [5.74, 6) is 0. The minimum atomic E-state index is -4.56. The van der Waals surface area contributed by atoms with Crippen LogP contribution in [0.3, 0.4) is 0 Å². The van der Waals surface area contributed by atoms with Gasteiger partial charge in [0.05, 0.1) is 18.2 Å². The van der Waals surface area contributed by atoms with Gasteiger partial charge in [0, 0.05) is 35.4 Å². The first-order valence-electron chi connectivity index (χ1n) is 11.4. The fraction of sp³-hybridized carbons (Fsp3) is 0.360. The molecule has 2 aromatic carbocycles. The van der Waals surface area contributed by atoms with Crippen LogP contribution in [0.4, 0.5) is 23.7 Å². The number of nitrogens with one attached hydrogen (secondary N) is 1. The highest BCUT2D eigenvalue weighted by molar-refractivity contribution is 5.94. The summed E-state index contributed by atoms with van der Waals surface area (Å²) in [7, 11) is 0. The van der Waals surface area contributed by atoms with E-state index in [4.69, 9.17) is 4.74 Å². The van der Waals surface area contributed by atoms with E-state index in [1.807, 2.05) is 0 Å². The Bertz CT molecular complexity index is 1320. The molecule has 0 aliphatic carbocycles. The van der Waals surface area contributed by atoms with Crippen LogP contribution in [0.25, 0.3) is 22.0 Å². The number of hydrogen-bond acceptors (Lipinski definition) is 5. The Morgan fingerprint density at radius 2 is 1.89 bits per heavy atom. The van der Waals surface area contributed by atoms with Gasteiger partial charge in [0.25, 0.3) is 5.56 Å². The summed E-state index contributed by atoms with van der Waals surface area (Å²) in [6, 6.07) is 11.4. The van der Waals surface area contributed by atoms with Gasteiger partial charge in [-0.2, -0.15) is 13.2 Å². The zero-order valence-corrected chi connectivity index (χ0v) is 18.7. The van der Waals surface area contributed by atoms with Gasteiger partial charge in [-0.05, 0) is 49.0 Å². The third kappa shape index (κ3) is 4.76. The number of β-amino-alcohol motifs (C(OH)–C–C–N with tert-alkyl or cyclic N) is 1. The maximum absolute atomic E-state index is 13.5. The number of rotatable bonds is 4. The third-order valence-corrected chi connectivity index (χ3v) is 6.48. The minimum absolute atomic E-state index is 0.0625. The van der Waals surface area contributed by atoms with Crippen LogP contribution in [0, 0.1) is 0 Å². The first-order chi connectivity index (χ1) is 16.7. The van der Waals surface area contributed by atoms with Crippen LogP contribution in [0.5, 0.6) is 0 Å². The van der Waals surface area contributed by atoms with E-state index >= 15 is 0 Å². The van der Waals surface area contributed by atoms with Gasteiger partial charge in [0.1, 0.15) is 6.10 Å². The van der Waals surface area contributed by atoms with Crippen molar-refractivity contribution >= 4 is 22.6 Å². The number of ether oxygens (including phenoxy) is 1. The third-order valence-electron chi connectivity index (χ3n) is 6.48. The Balaban J connectivity index is 1.41. The van der Waals surface area contributed by atoms with E-state index in [0.29, 0.717) is 30.7 Å². The van der Waals surface area contributed by atoms with E-state index in [1.165, 1.54) is 29.2 Å². The molecule has 2 atom stereocenters. The molecule has 1 amide bonds. The molecule has 7 nitrogen and oxygen atoms in total. The van der Waals surface area contributed by atoms with Crippen molar-refractivity contribution in [3.8, 4) is 11.3 Å². The Morgan fingerprint density at radius 1 is 1.09 bits per heavy atom. The topological polar surface area (TPSA) is 85.9 Å². The van der Waals surface area contributed by atoms with E-state index in [9.17, 15) is 27.9 Å². The zero-order chi connectivity index (χ0) is 24.7. The molecule has 1 aromatic heterocycles. The number of benzene rings is 2. The van der Waals surface area contributed by atoms with Crippen molar-refractivity contribution in [3.05, 3.63) is 64.4 Å². The summed E-state index contributed by atoms with van der Waals surface area (Å²) in [5, 5.41) is 10.6. The van der Waals surface area contributed by atoms with Gasteiger partial charge in [-0.3, -0.25) is 14.6 Å². The number of halogens is 3. The summed E-state index contributed by atoms with van der Waals surface area (Å²) in [5.41, 5.74) is -0.969. The zero-order valence-electron chi connectivity index (χ0n) is 18.7. The lowest BCUT2D eigenvalue weighted by Crippen LogP contribution is -2.43. The molecule has 5 rings (SSSR count). The monoisotopic (exact) mass is 487 g/mol. The SMILES string of the molecule is O=C1O[C@@H](CN2CCC[C@H](O)C2)CN1c1ccc2cc(-c3ccccc3C(F)(F)F)[nH]c(=O)c2c1. The lowest BCUT2D eigenvalue weighted by molar-refractivity contribution is -0.137. The van der Waals surface area contributed by atoms with Crippen molar-refractivity contribution < 1.29 is 27.8 Å². The molecule has 2 saturated heterocycles. The summed E-state index contributed by atoms with van der Waals surface area (Å²) < 4.78 is 45.9. The molecule has 0 saturated carbocycles. The van der Waals surface area contributed by atoms with Gasteiger partial charge in [-0.15, -0.1) is 0 Å². The van der Waals surface area contributed by atoms with Crippen molar-refractivity contribution in [3.63, 3.8) is 0 Å². The average molecular weight is 487 g/mol. The van der Waals surface area contributed by atoms with Crippen molar-refractivity contribution in [1.29, 1.82) is 0 Å². The maximum Gasteiger partial charge on any atom is 0.417 e. The molecule has 3 heterocycles. The highest BCUT2D eigenvalue weighted by Gasteiger charge is 2.35. The Morgan fingerprint density at radius 3 is 2.66 bits per heavy atom. The highest BCUT2D eigenvalue weighted by atomic mass is 19.4. The molecule has 2 N–H and O–H groups in total. The van der Waals surface area contributed by atoms with Crippen LogP contribution in [0.2, 0.25) is 0 Å². The van der Waals surface area contributed by atoms with E-state index in [0.717, 1.165) is 25.5 Å². The van der Waals surface area contributed by atoms with Crippen LogP contribution in [-0.2, 0) is 10.9 Å². The predicted octanol–water partition coefficient (Wildman–Crippen LogP) is 4.00. The predicted molar refractivity (Wildman–Crippen MR) is 124 cm³/mol. The molecule has 2 aliphatic heterocycles. The highest BCUT2D eigenvalue weighted by Crippen LogP contribution is 2.36. The standard InChI is InChI=1S/C25H24F3N3O4/c26-25(27,28)21-6-2-1-5-19(21)22-10-15-7-8-16(11-20(15)23(33)29-22)31-14-18(35-24(31)34)13-30-9-3-4-17(32)12-30/h1-2,5-8,10-11,17-18,32H,3-4,9,12-14H2,(H,29,33)/t17-,18-/m0/s1. The number of pyridine rings is 1. The van der Waals surface area contributed by atoms with Crippen molar-refractivity contribution in [2.75, 3.05) is 31.1 Å². The van der Waals surface area contributed by atoms with Gasteiger partial charge in [-0.25, -0.2) is 4.79 Å². The van der Waals surface area contributed by atoms with Crippen LogP contribution < -0.4 is 10.5 Å².